The predicted molar refractivity (Wildman–Crippen MR) is 93.4 cm³/mol. The minimum atomic E-state index is -1.07. The lowest BCUT2D eigenvalue weighted by molar-refractivity contribution is -0.177. The average Bonchev–Trinajstić information content (AvgIpc) is 3.12. The number of carboxylic acids is 1. The zero-order valence-corrected chi connectivity index (χ0v) is 15.7. The van der Waals surface area contributed by atoms with E-state index in [4.69, 9.17) is 4.74 Å². The van der Waals surface area contributed by atoms with Crippen LogP contribution in [0.5, 0.6) is 0 Å². The Morgan fingerprint density at radius 3 is 2.72 bits per heavy atom. The summed E-state index contributed by atoms with van der Waals surface area (Å²) in [6.45, 7) is 6.88. The van der Waals surface area contributed by atoms with Crippen LogP contribution in [0.4, 0.5) is 0 Å². The monoisotopic (exact) mass is 343 g/mol. The maximum absolute atomic E-state index is 13.0. The number of allylic oxidation sites excluding steroid dienone is 1. The highest BCUT2D eigenvalue weighted by molar-refractivity contribution is 5.85. The van der Waals surface area contributed by atoms with Crippen LogP contribution in [0.2, 0.25) is 0 Å². The largest absolute Gasteiger partial charge is 0.481 e. The molecule has 25 heavy (non-hydrogen) atoms. The van der Waals surface area contributed by atoms with Gasteiger partial charge in [-0.3, -0.25) is 4.79 Å². The first-order valence-corrected chi connectivity index (χ1v) is 9.68. The van der Waals surface area contributed by atoms with Crippen LogP contribution in [0.15, 0.2) is 11.6 Å². The van der Waals surface area contributed by atoms with Crippen LogP contribution in [0.1, 0.15) is 46.5 Å². The summed E-state index contributed by atoms with van der Waals surface area (Å²) in [4.78, 5) is 13.0. The number of rotatable bonds is 4. The van der Waals surface area contributed by atoms with E-state index in [0.717, 1.165) is 24.8 Å². The normalized spacial score (nSPS) is 49.8. The van der Waals surface area contributed by atoms with Crippen LogP contribution >= 0.6 is 0 Å². The Bertz CT molecular complexity index is 692. The van der Waals surface area contributed by atoms with Gasteiger partial charge in [0.1, 0.15) is 5.41 Å². The van der Waals surface area contributed by atoms with Crippen molar-refractivity contribution in [1.82, 2.24) is 0 Å². The number of methoxy groups -OCH3 is 1. The molecule has 4 aliphatic rings. The molecule has 0 aromatic heterocycles. The highest BCUT2D eigenvalue weighted by Crippen LogP contribution is 2.83. The molecule has 0 aliphatic heterocycles. The van der Waals surface area contributed by atoms with E-state index in [0.29, 0.717) is 24.9 Å². The third-order valence-corrected chi connectivity index (χ3v) is 8.44. The van der Waals surface area contributed by atoms with Gasteiger partial charge >= 0.3 is 5.97 Å². The second kappa shape index (κ2) is 5.10. The summed E-state index contributed by atoms with van der Waals surface area (Å²) in [5, 5.41) is 21.1. The van der Waals surface area contributed by atoms with E-state index in [1.54, 1.807) is 7.11 Å². The van der Waals surface area contributed by atoms with Crippen molar-refractivity contribution in [2.45, 2.75) is 46.5 Å². The first kappa shape index (κ1) is 17.1. The van der Waals surface area contributed by atoms with Crippen molar-refractivity contribution in [2.24, 2.45) is 45.8 Å². The van der Waals surface area contributed by atoms with Crippen molar-refractivity contribution in [1.29, 1.82) is 5.26 Å². The van der Waals surface area contributed by atoms with E-state index in [2.05, 4.69) is 32.9 Å². The van der Waals surface area contributed by atoms with Crippen molar-refractivity contribution < 1.29 is 14.6 Å². The number of nitriles is 1. The van der Waals surface area contributed by atoms with Gasteiger partial charge in [-0.1, -0.05) is 38.8 Å². The van der Waals surface area contributed by atoms with Gasteiger partial charge in [0.05, 0.1) is 18.1 Å². The molecule has 0 heterocycles. The minimum Gasteiger partial charge on any atom is -0.481 e. The SMILES string of the molecule is COC[C@@]12CC3[C@H](C)CC[C@H]3[C@]3(C#N)C[C@H]1C=C(C(C)C)[C@@]23C(=O)O. The van der Waals surface area contributed by atoms with E-state index in [1.807, 2.05) is 0 Å². The zero-order chi connectivity index (χ0) is 18.2. The molecule has 4 aliphatic carbocycles. The van der Waals surface area contributed by atoms with E-state index < -0.39 is 22.2 Å². The second-order valence-electron chi connectivity index (χ2n) is 9.34. The quantitative estimate of drug-likeness (QED) is 0.786. The Hall–Kier alpha value is -1.34. The molecule has 0 spiro atoms. The van der Waals surface area contributed by atoms with Crippen LogP contribution in [0, 0.1) is 57.2 Å². The first-order chi connectivity index (χ1) is 11.8. The van der Waals surface area contributed by atoms with Gasteiger partial charge in [-0.2, -0.15) is 5.26 Å². The van der Waals surface area contributed by atoms with Gasteiger partial charge in [0.2, 0.25) is 0 Å². The summed E-state index contributed by atoms with van der Waals surface area (Å²) in [6, 6.07) is 2.65. The molecule has 1 unspecified atom stereocenters. The van der Waals surface area contributed by atoms with Crippen LogP contribution in [-0.4, -0.2) is 24.8 Å². The third-order valence-electron chi connectivity index (χ3n) is 8.44. The molecule has 3 saturated carbocycles. The van der Waals surface area contributed by atoms with Gasteiger partial charge in [0, 0.05) is 12.5 Å². The number of fused-ring (bicyclic) bond motifs is 2. The van der Waals surface area contributed by atoms with Crippen LogP contribution in [0.3, 0.4) is 0 Å². The van der Waals surface area contributed by atoms with Gasteiger partial charge in [0.15, 0.2) is 0 Å². The maximum atomic E-state index is 13.0. The van der Waals surface area contributed by atoms with E-state index in [-0.39, 0.29) is 17.8 Å². The van der Waals surface area contributed by atoms with E-state index in [1.165, 1.54) is 0 Å². The zero-order valence-electron chi connectivity index (χ0n) is 15.7. The summed E-state index contributed by atoms with van der Waals surface area (Å²) in [5.74, 6) is 0.733. The van der Waals surface area contributed by atoms with Gasteiger partial charge in [-0.25, -0.2) is 0 Å². The number of aliphatic carboxylic acids is 1. The molecular formula is C21H29NO3. The number of nitrogens with zero attached hydrogens (tertiary/aromatic N) is 1. The van der Waals surface area contributed by atoms with Crippen molar-refractivity contribution in [3.8, 4) is 6.07 Å². The average molecular weight is 343 g/mol. The molecule has 4 rings (SSSR count). The fourth-order valence-electron chi connectivity index (χ4n) is 7.80. The van der Waals surface area contributed by atoms with Crippen molar-refractivity contribution in [3.63, 3.8) is 0 Å². The number of carbonyl (C=O) groups is 1. The summed E-state index contributed by atoms with van der Waals surface area (Å²) < 4.78 is 5.65. The van der Waals surface area contributed by atoms with E-state index >= 15 is 0 Å². The molecule has 4 heteroatoms. The molecular weight excluding hydrogens is 314 g/mol. The predicted octanol–water partition coefficient (Wildman–Crippen LogP) is 3.88. The standard InChI is InChI=1S/C21H29NO3/c1-12(2)17-7-14-8-19(10-22)16-6-5-13(3)15(16)9-20(14,11-25-4)21(17,19)18(23)24/h7,12-16H,5-6,8-9,11H2,1-4H3,(H,23,24)/t13-,14-,15?,16-,19-,20+,21+/m1/s1. The van der Waals surface area contributed by atoms with Crippen LogP contribution in [0.25, 0.3) is 0 Å². The third kappa shape index (κ3) is 1.56. The maximum Gasteiger partial charge on any atom is 0.316 e. The molecule has 0 aromatic carbocycles. The number of hydrogen-bond donors (Lipinski definition) is 1. The summed E-state index contributed by atoms with van der Waals surface area (Å²) in [6.07, 6.45) is 5.92. The van der Waals surface area contributed by atoms with Crippen LogP contribution < -0.4 is 0 Å². The molecule has 4 bridgehead atoms. The lowest BCUT2D eigenvalue weighted by atomic mass is 9.43. The highest BCUT2D eigenvalue weighted by Gasteiger charge is 2.84. The van der Waals surface area contributed by atoms with Crippen molar-refractivity contribution in [3.05, 3.63) is 11.6 Å². The summed E-state index contributed by atoms with van der Waals surface area (Å²) >= 11 is 0. The van der Waals surface area contributed by atoms with E-state index in [9.17, 15) is 15.2 Å². The molecule has 0 amide bonds. The smallest absolute Gasteiger partial charge is 0.316 e. The Morgan fingerprint density at radius 2 is 2.16 bits per heavy atom. The summed E-state index contributed by atoms with van der Waals surface area (Å²) in [7, 11) is 1.68. The molecule has 3 fully saturated rings. The Balaban J connectivity index is 2.02. The second-order valence-corrected chi connectivity index (χ2v) is 9.34. The molecule has 0 radical (unpaired) electrons. The molecule has 1 N–H and O–H groups in total. The molecule has 136 valence electrons. The number of hydrogen-bond acceptors (Lipinski definition) is 3. The number of carboxylic acid groups (broad SMARTS) is 1. The number of ether oxygens (including phenoxy) is 1. The molecule has 0 aromatic rings. The van der Waals surface area contributed by atoms with Crippen LogP contribution in [-0.2, 0) is 9.53 Å². The first-order valence-electron chi connectivity index (χ1n) is 9.68. The van der Waals surface area contributed by atoms with Crippen molar-refractivity contribution >= 4 is 5.97 Å². The molecule has 4 nitrogen and oxygen atoms in total. The lowest BCUT2D eigenvalue weighted by Crippen LogP contribution is -2.62. The lowest BCUT2D eigenvalue weighted by Gasteiger charge is -2.57. The molecule has 7 atom stereocenters. The Labute approximate surface area is 150 Å². The van der Waals surface area contributed by atoms with Gasteiger partial charge in [-0.05, 0) is 48.9 Å². The Kier molecular flexibility index (Phi) is 3.49. The topological polar surface area (TPSA) is 70.3 Å². The minimum absolute atomic E-state index is 0.140. The summed E-state index contributed by atoms with van der Waals surface area (Å²) in [5.41, 5.74) is -1.31. The fraction of sp³-hybridized carbons (Fsp3) is 0.810. The van der Waals surface area contributed by atoms with Gasteiger partial charge < -0.3 is 9.84 Å². The van der Waals surface area contributed by atoms with Gasteiger partial charge in [-0.15, -0.1) is 0 Å². The Morgan fingerprint density at radius 1 is 1.44 bits per heavy atom. The fourth-order valence-corrected chi connectivity index (χ4v) is 7.80. The van der Waals surface area contributed by atoms with Gasteiger partial charge in [0.25, 0.3) is 0 Å². The van der Waals surface area contributed by atoms with Crippen molar-refractivity contribution in [2.75, 3.05) is 13.7 Å². The highest BCUT2D eigenvalue weighted by atomic mass is 16.5. The molecule has 0 saturated heterocycles.